The van der Waals surface area contributed by atoms with Gasteiger partial charge in [0.2, 0.25) is 0 Å². The summed E-state index contributed by atoms with van der Waals surface area (Å²) in [6.07, 6.45) is 3.24. The second-order valence-electron chi connectivity index (χ2n) is 2.18. The maximum absolute atomic E-state index is 5.56. The molecule has 0 saturated carbocycles. The standard InChI is InChI=1S/C7H10ClN3/c1-11(5-3-8)7-2-4-9-6-10-7/h2,4,6H,3,5H2,1H3. The van der Waals surface area contributed by atoms with Crippen molar-refractivity contribution in [3.05, 3.63) is 18.6 Å². The number of hydrogen-bond donors (Lipinski definition) is 0. The van der Waals surface area contributed by atoms with Gasteiger partial charge in [-0.05, 0) is 6.07 Å². The Morgan fingerprint density at radius 1 is 1.64 bits per heavy atom. The van der Waals surface area contributed by atoms with Crippen LogP contribution in [-0.4, -0.2) is 29.4 Å². The molecule has 3 nitrogen and oxygen atoms in total. The molecule has 1 rings (SSSR count). The molecule has 0 unspecified atom stereocenters. The molecule has 4 heteroatoms. The first kappa shape index (κ1) is 8.27. The molecule has 0 bridgehead atoms. The molecular formula is C7H10ClN3. The van der Waals surface area contributed by atoms with Crippen molar-refractivity contribution in [1.29, 1.82) is 0 Å². The molecule has 0 aromatic carbocycles. The Kier molecular flexibility index (Phi) is 3.11. The molecule has 0 aliphatic carbocycles. The zero-order valence-electron chi connectivity index (χ0n) is 6.37. The lowest BCUT2D eigenvalue weighted by atomic mass is 10.5. The highest BCUT2D eigenvalue weighted by Crippen LogP contribution is 2.04. The molecule has 0 amide bonds. The van der Waals surface area contributed by atoms with Gasteiger partial charge in [0.15, 0.2) is 0 Å². The molecule has 0 aliphatic rings. The Morgan fingerprint density at radius 3 is 3.00 bits per heavy atom. The van der Waals surface area contributed by atoms with E-state index in [1.807, 2.05) is 18.0 Å². The molecule has 1 heterocycles. The van der Waals surface area contributed by atoms with Gasteiger partial charge in [0, 0.05) is 25.7 Å². The molecule has 0 aliphatic heterocycles. The van der Waals surface area contributed by atoms with Crippen LogP contribution < -0.4 is 4.90 Å². The van der Waals surface area contributed by atoms with Crippen molar-refractivity contribution >= 4 is 17.4 Å². The highest BCUT2D eigenvalue weighted by atomic mass is 35.5. The number of aromatic nitrogens is 2. The third-order valence-corrected chi connectivity index (χ3v) is 1.55. The topological polar surface area (TPSA) is 29.0 Å². The molecule has 0 spiro atoms. The van der Waals surface area contributed by atoms with E-state index >= 15 is 0 Å². The lowest BCUT2D eigenvalue weighted by molar-refractivity contribution is 0.933. The highest BCUT2D eigenvalue weighted by Gasteiger charge is 1.98. The Morgan fingerprint density at radius 2 is 2.45 bits per heavy atom. The normalized spacial score (nSPS) is 9.64. The summed E-state index contributed by atoms with van der Waals surface area (Å²) >= 11 is 5.56. The van der Waals surface area contributed by atoms with Crippen molar-refractivity contribution in [1.82, 2.24) is 9.97 Å². The van der Waals surface area contributed by atoms with E-state index in [0.717, 1.165) is 12.4 Å². The van der Waals surface area contributed by atoms with Gasteiger partial charge in [0.05, 0.1) is 0 Å². The van der Waals surface area contributed by atoms with Crippen molar-refractivity contribution in [2.45, 2.75) is 0 Å². The molecule has 0 N–H and O–H groups in total. The summed E-state index contributed by atoms with van der Waals surface area (Å²) in [7, 11) is 1.95. The molecule has 0 saturated heterocycles. The molecule has 0 fully saturated rings. The van der Waals surface area contributed by atoms with Crippen molar-refractivity contribution in [2.24, 2.45) is 0 Å². The Bertz CT molecular complexity index is 202. The average Bonchev–Trinajstić information content (AvgIpc) is 2.07. The lowest BCUT2D eigenvalue weighted by Gasteiger charge is -2.15. The molecule has 11 heavy (non-hydrogen) atoms. The summed E-state index contributed by atoms with van der Waals surface area (Å²) in [6, 6.07) is 1.85. The Balaban J connectivity index is 2.61. The highest BCUT2D eigenvalue weighted by molar-refractivity contribution is 6.18. The first-order valence-corrected chi connectivity index (χ1v) is 3.91. The van der Waals surface area contributed by atoms with Gasteiger partial charge in [0.1, 0.15) is 12.1 Å². The van der Waals surface area contributed by atoms with Crippen molar-refractivity contribution < 1.29 is 0 Å². The van der Waals surface area contributed by atoms with Crippen LogP contribution in [0.5, 0.6) is 0 Å². The molecule has 1 aromatic rings. The fraction of sp³-hybridized carbons (Fsp3) is 0.429. The molecule has 60 valence electrons. The SMILES string of the molecule is CN(CCCl)c1ccncn1. The summed E-state index contributed by atoms with van der Waals surface area (Å²) in [5, 5.41) is 0. The van der Waals surface area contributed by atoms with E-state index in [0.29, 0.717) is 5.88 Å². The molecule has 0 atom stereocenters. The van der Waals surface area contributed by atoms with Crippen LogP contribution in [0, 0.1) is 0 Å². The number of nitrogens with zero attached hydrogens (tertiary/aromatic N) is 3. The van der Waals surface area contributed by atoms with Gasteiger partial charge in [-0.15, -0.1) is 11.6 Å². The van der Waals surface area contributed by atoms with Crippen LogP contribution in [0.1, 0.15) is 0 Å². The fourth-order valence-electron chi connectivity index (χ4n) is 0.751. The smallest absolute Gasteiger partial charge is 0.131 e. The van der Waals surface area contributed by atoms with Crippen molar-refractivity contribution in [2.75, 3.05) is 24.4 Å². The lowest BCUT2D eigenvalue weighted by Crippen LogP contribution is -2.20. The second kappa shape index (κ2) is 4.13. The predicted molar refractivity (Wildman–Crippen MR) is 46.0 cm³/mol. The predicted octanol–water partition coefficient (Wildman–Crippen LogP) is 1.15. The second-order valence-corrected chi connectivity index (χ2v) is 2.56. The summed E-state index contributed by atoms with van der Waals surface area (Å²) in [6.45, 7) is 0.804. The Hall–Kier alpha value is -0.830. The minimum absolute atomic E-state index is 0.612. The first-order valence-electron chi connectivity index (χ1n) is 3.37. The zero-order chi connectivity index (χ0) is 8.10. The van der Waals surface area contributed by atoms with E-state index in [1.54, 1.807) is 6.20 Å². The summed E-state index contributed by atoms with van der Waals surface area (Å²) < 4.78 is 0. The van der Waals surface area contributed by atoms with Crippen molar-refractivity contribution in [3.63, 3.8) is 0 Å². The van der Waals surface area contributed by atoms with Gasteiger partial charge in [0.25, 0.3) is 0 Å². The van der Waals surface area contributed by atoms with Crippen LogP contribution in [0.25, 0.3) is 0 Å². The van der Waals surface area contributed by atoms with Gasteiger partial charge >= 0.3 is 0 Å². The van der Waals surface area contributed by atoms with Gasteiger partial charge in [-0.2, -0.15) is 0 Å². The number of hydrogen-bond acceptors (Lipinski definition) is 3. The molecule has 1 aromatic heterocycles. The maximum Gasteiger partial charge on any atom is 0.131 e. The van der Waals surface area contributed by atoms with E-state index in [4.69, 9.17) is 11.6 Å². The van der Waals surface area contributed by atoms with Gasteiger partial charge in [-0.25, -0.2) is 9.97 Å². The average molecular weight is 172 g/mol. The minimum Gasteiger partial charge on any atom is -0.358 e. The maximum atomic E-state index is 5.56. The number of alkyl halides is 1. The fourth-order valence-corrected chi connectivity index (χ4v) is 1.00. The quantitative estimate of drug-likeness (QED) is 0.639. The van der Waals surface area contributed by atoms with Gasteiger partial charge < -0.3 is 4.90 Å². The summed E-state index contributed by atoms with van der Waals surface area (Å²) in [5.41, 5.74) is 0. The van der Waals surface area contributed by atoms with Crippen LogP contribution in [-0.2, 0) is 0 Å². The summed E-state index contributed by atoms with van der Waals surface area (Å²) in [4.78, 5) is 9.85. The summed E-state index contributed by atoms with van der Waals surface area (Å²) in [5.74, 6) is 1.51. The third kappa shape index (κ3) is 2.35. The van der Waals surface area contributed by atoms with Crippen molar-refractivity contribution in [3.8, 4) is 0 Å². The monoisotopic (exact) mass is 171 g/mol. The van der Waals surface area contributed by atoms with E-state index in [2.05, 4.69) is 9.97 Å². The third-order valence-electron chi connectivity index (χ3n) is 1.38. The first-order chi connectivity index (χ1) is 5.34. The zero-order valence-corrected chi connectivity index (χ0v) is 7.12. The number of halogens is 1. The van der Waals surface area contributed by atoms with Crippen LogP contribution in [0.3, 0.4) is 0 Å². The van der Waals surface area contributed by atoms with E-state index in [-0.39, 0.29) is 0 Å². The van der Waals surface area contributed by atoms with Crippen LogP contribution >= 0.6 is 11.6 Å². The van der Waals surface area contributed by atoms with E-state index in [1.165, 1.54) is 6.33 Å². The number of rotatable bonds is 3. The minimum atomic E-state index is 0.612. The van der Waals surface area contributed by atoms with Gasteiger partial charge in [-0.1, -0.05) is 0 Å². The van der Waals surface area contributed by atoms with Gasteiger partial charge in [-0.3, -0.25) is 0 Å². The molecule has 0 radical (unpaired) electrons. The van der Waals surface area contributed by atoms with E-state index in [9.17, 15) is 0 Å². The van der Waals surface area contributed by atoms with Crippen LogP contribution in [0.4, 0.5) is 5.82 Å². The number of anilines is 1. The molecular weight excluding hydrogens is 162 g/mol. The van der Waals surface area contributed by atoms with Crippen LogP contribution in [0.15, 0.2) is 18.6 Å². The van der Waals surface area contributed by atoms with E-state index < -0.39 is 0 Å². The Labute approximate surface area is 71.0 Å². The van der Waals surface area contributed by atoms with Crippen LogP contribution in [0.2, 0.25) is 0 Å². The largest absolute Gasteiger partial charge is 0.358 e.